The molecule has 0 saturated carbocycles. The summed E-state index contributed by atoms with van der Waals surface area (Å²) in [5.41, 5.74) is 13.4. The first-order valence-electron chi connectivity index (χ1n) is 5.89. The van der Waals surface area contributed by atoms with Crippen LogP contribution in [0.5, 0.6) is 0 Å². The summed E-state index contributed by atoms with van der Waals surface area (Å²) in [6.07, 6.45) is 7.58. The molecule has 0 spiro atoms. The van der Waals surface area contributed by atoms with E-state index < -0.39 is 0 Å². The largest absolute Gasteiger partial charge is 0.401 e. The molecule has 3 unspecified atom stereocenters. The second-order valence-corrected chi connectivity index (χ2v) is 4.83. The molecule has 4 nitrogen and oxygen atoms in total. The van der Waals surface area contributed by atoms with Crippen molar-refractivity contribution in [2.24, 2.45) is 23.3 Å². The average molecular weight is 233 g/mol. The van der Waals surface area contributed by atoms with E-state index in [4.69, 9.17) is 11.5 Å². The summed E-state index contributed by atoms with van der Waals surface area (Å²) in [7, 11) is 0. The molecule has 2 rings (SSSR count). The Morgan fingerprint density at radius 1 is 1.59 bits per heavy atom. The van der Waals surface area contributed by atoms with Crippen molar-refractivity contribution < 1.29 is 4.79 Å². The zero-order valence-corrected chi connectivity index (χ0v) is 10.3. The van der Waals surface area contributed by atoms with Crippen LogP contribution in [-0.4, -0.2) is 23.5 Å². The van der Waals surface area contributed by atoms with E-state index in [1.165, 1.54) is 11.6 Å². The van der Waals surface area contributed by atoms with Crippen LogP contribution in [0, 0.1) is 11.8 Å². The maximum Gasteiger partial charge on any atom is 0.249 e. The van der Waals surface area contributed by atoms with Crippen molar-refractivity contribution in [3.8, 4) is 0 Å². The maximum absolute atomic E-state index is 11.7. The summed E-state index contributed by atoms with van der Waals surface area (Å²) in [5.74, 6) is 0.372. The number of rotatable bonds is 2. The summed E-state index contributed by atoms with van der Waals surface area (Å²) in [5, 5.41) is 0. The Labute approximate surface area is 102 Å². The molecule has 1 fully saturated rings. The lowest BCUT2D eigenvalue weighted by Gasteiger charge is -2.25. The van der Waals surface area contributed by atoms with Crippen LogP contribution in [0.1, 0.15) is 13.8 Å². The summed E-state index contributed by atoms with van der Waals surface area (Å²) in [4.78, 5) is 13.3. The fourth-order valence-electron chi connectivity index (χ4n) is 2.30. The molecule has 4 heteroatoms. The van der Waals surface area contributed by atoms with Crippen molar-refractivity contribution in [3.05, 3.63) is 35.6 Å². The van der Waals surface area contributed by atoms with E-state index in [9.17, 15) is 4.79 Å². The van der Waals surface area contributed by atoms with Gasteiger partial charge in [-0.05, 0) is 12.8 Å². The first kappa shape index (κ1) is 11.9. The second-order valence-electron chi connectivity index (χ2n) is 4.83. The van der Waals surface area contributed by atoms with Crippen LogP contribution >= 0.6 is 0 Å². The quantitative estimate of drug-likeness (QED) is 0.545. The zero-order valence-electron chi connectivity index (χ0n) is 10.3. The first-order chi connectivity index (χ1) is 8.00. The molecule has 1 amide bonds. The fraction of sp³-hybridized carbons (Fsp3) is 0.462. The van der Waals surface area contributed by atoms with Crippen LogP contribution in [-0.2, 0) is 4.79 Å². The maximum atomic E-state index is 11.7. The molecule has 1 heterocycles. The highest BCUT2D eigenvalue weighted by atomic mass is 16.2. The van der Waals surface area contributed by atoms with Gasteiger partial charge in [-0.2, -0.15) is 0 Å². The van der Waals surface area contributed by atoms with E-state index >= 15 is 0 Å². The number of allylic oxidation sites excluding steroid dienone is 4. The van der Waals surface area contributed by atoms with Crippen LogP contribution in [0.15, 0.2) is 35.6 Å². The molecule has 17 heavy (non-hydrogen) atoms. The fourth-order valence-corrected chi connectivity index (χ4v) is 2.30. The summed E-state index contributed by atoms with van der Waals surface area (Å²) in [6, 6.07) is 0. The minimum Gasteiger partial charge on any atom is -0.401 e. The van der Waals surface area contributed by atoms with Gasteiger partial charge in [0.1, 0.15) is 0 Å². The Morgan fingerprint density at radius 3 is 2.76 bits per heavy atom. The number of nitrogens with zero attached hydrogens (tertiary/aromatic N) is 1. The minimum absolute atomic E-state index is 0.0791. The van der Waals surface area contributed by atoms with Gasteiger partial charge in [-0.3, -0.25) is 4.79 Å². The summed E-state index contributed by atoms with van der Waals surface area (Å²) in [6.45, 7) is 4.78. The lowest BCUT2D eigenvalue weighted by Crippen LogP contribution is -2.24. The van der Waals surface area contributed by atoms with Gasteiger partial charge < -0.3 is 16.4 Å². The number of nitrogens with two attached hydrogens (primary N) is 2. The molecular formula is C13H19N3O. The van der Waals surface area contributed by atoms with Gasteiger partial charge in [0, 0.05) is 17.7 Å². The van der Waals surface area contributed by atoms with E-state index in [1.54, 1.807) is 4.90 Å². The highest BCUT2D eigenvalue weighted by molar-refractivity contribution is 5.90. The highest BCUT2D eigenvalue weighted by Gasteiger charge is 2.34. The molecule has 0 aromatic rings. The Balaban J connectivity index is 2.11. The molecule has 1 aliphatic heterocycles. The molecular weight excluding hydrogens is 214 g/mol. The van der Waals surface area contributed by atoms with Gasteiger partial charge in [0.05, 0.1) is 12.7 Å². The Morgan fingerprint density at radius 2 is 2.24 bits per heavy atom. The van der Waals surface area contributed by atoms with Crippen molar-refractivity contribution in [1.82, 2.24) is 4.90 Å². The van der Waals surface area contributed by atoms with Gasteiger partial charge in [0.25, 0.3) is 0 Å². The topological polar surface area (TPSA) is 72.1 Å². The predicted molar refractivity (Wildman–Crippen MR) is 67.5 cm³/mol. The minimum atomic E-state index is -0.119. The number of hydrogen-bond donors (Lipinski definition) is 2. The molecule has 1 aliphatic carbocycles. The highest BCUT2D eigenvalue weighted by Crippen LogP contribution is 2.30. The lowest BCUT2D eigenvalue weighted by molar-refractivity contribution is -0.121. The van der Waals surface area contributed by atoms with Crippen LogP contribution in [0.3, 0.4) is 0 Å². The van der Waals surface area contributed by atoms with Crippen LogP contribution in [0.2, 0.25) is 0 Å². The van der Waals surface area contributed by atoms with E-state index in [1.807, 2.05) is 19.1 Å². The van der Waals surface area contributed by atoms with Crippen LogP contribution < -0.4 is 11.5 Å². The standard InChI is InChI=1S/C13H19N3O/c1-8-4-3-5-9(2)13(8)10(14)6-12(17)16-7-11(16)15/h3-6,8,11,13H,7,14-15H2,1-2H3. The number of hydrogen-bond acceptors (Lipinski definition) is 3. The monoisotopic (exact) mass is 233 g/mol. The van der Waals surface area contributed by atoms with Gasteiger partial charge in [0.15, 0.2) is 0 Å². The normalized spacial score (nSPS) is 32.4. The number of carbonyl (C=O) groups excluding carboxylic acids is 1. The van der Waals surface area contributed by atoms with Crippen molar-refractivity contribution in [1.29, 1.82) is 0 Å². The van der Waals surface area contributed by atoms with Gasteiger partial charge in [-0.15, -0.1) is 0 Å². The van der Waals surface area contributed by atoms with E-state index in [0.29, 0.717) is 18.2 Å². The molecule has 0 bridgehead atoms. The van der Waals surface area contributed by atoms with Crippen LogP contribution in [0.25, 0.3) is 0 Å². The van der Waals surface area contributed by atoms with Gasteiger partial charge >= 0.3 is 0 Å². The Hall–Kier alpha value is -1.55. The molecule has 0 aromatic carbocycles. The lowest BCUT2D eigenvalue weighted by atomic mass is 9.81. The van der Waals surface area contributed by atoms with E-state index in [0.717, 1.165) is 0 Å². The predicted octanol–water partition coefficient (Wildman–Crippen LogP) is 0.724. The van der Waals surface area contributed by atoms with Crippen molar-refractivity contribution in [2.75, 3.05) is 6.54 Å². The number of amides is 1. The Kier molecular flexibility index (Phi) is 3.07. The molecule has 1 saturated heterocycles. The van der Waals surface area contributed by atoms with Gasteiger partial charge in [0.2, 0.25) is 5.91 Å². The van der Waals surface area contributed by atoms with Crippen LogP contribution in [0.4, 0.5) is 0 Å². The molecule has 2 aliphatic rings. The number of carbonyl (C=O) groups is 1. The molecule has 4 N–H and O–H groups in total. The molecule has 92 valence electrons. The molecule has 0 radical (unpaired) electrons. The third-order valence-electron chi connectivity index (χ3n) is 3.37. The SMILES string of the molecule is CC1=CC=CC(C)C1C(N)=CC(=O)N1CC1N. The average Bonchev–Trinajstić information content (AvgIpc) is 2.95. The summed E-state index contributed by atoms with van der Waals surface area (Å²) >= 11 is 0. The second kappa shape index (κ2) is 4.37. The van der Waals surface area contributed by atoms with E-state index in [2.05, 4.69) is 13.0 Å². The first-order valence-corrected chi connectivity index (χ1v) is 5.89. The third kappa shape index (κ3) is 2.42. The Bertz CT molecular complexity index is 422. The van der Waals surface area contributed by atoms with Crippen molar-refractivity contribution >= 4 is 5.91 Å². The van der Waals surface area contributed by atoms with Crippen molar-refractivity contribution in [3.63, 3.8) is 0 Å². The smallest absolute Gasteiger partial charge is 0.249 e. The van der Waals surface area contributed by atoms with Gasteiger partial charge in [-0.1, -0.05) is 30.7 Å². The molecule has 3 atom stereocenters. The van der Waals surface area contributed by atoms with Gasteiger partial charge in [-0.25, -0.2) is 0 Å². The molecule has 0 aromatic heterocycles. The third-order valence-corrected chi connectivity index (χ3v) is 3.37. The van der Waals surface area contributed by atoms with E-state index in [-0.39, 0.29) is 18.0 Å². The summed E-state index contributed by atoms with van der Waals surface area (Å²) < 4.78 is 0. The zero-order chi connectivity index (χ0) is 12.6. The van der Waals surface area contributed by atoms with Crippen molar-refractivity contribution in [2.45, 2.75) is 20.0 Å².